The molecule has 0 unspecified atom stereocenters. The average molecular weight is 239 g/mol. The van der Waals surface area contributed by atoms with Crippen molar-refractivity contribution in [2.24, 2.45) is 0 Å². The second kappa shape index (κ2) is 5.15. The van der Waals surface area contributed by atoms with Crippen LogP contribution in [0.25, 0.3) is 0 Å². The van der Waals surface area contributed by atoms with Crippen molar-refractivity contribution in [3.05, 3.63) is 17.0 Å². The van der Waals surface area contributed by atoms with Gasteiger partial charge in [0.15, 0.2) is 11.5 Å². The standard InChI is InChI=1S/C10H13ClN3Si/c1-7(2)15(3)5-4-8-10(12)14-9(11)6-13-8/h6-7H,1-3H3,(H2,12,14). The Labute approximate surface area is 96.7 Å². The largest absolute Gasteiger partial charge is 0.381 e. The number of anilines is 1. The monoisotopic (exact) mass is 238 g/mol. The summed E-state index contributed by atoms with van der Waals surface area (Å²) in [6.45, 7) is 6.50. The molecule has 1 heterocycles. The van der Waals surface area contributed by atoms with Crippen LogP contribution in [0.4, 0.5) is 5.82 Å². The summed E-state index contributed by atoms with van der Waals surface area (Å²) in [7, 11) is -0.648. The molecule has 5 heteroatoms. The zero-order chi connectivity index (χ0) is 11.4. The third-order valence-electron chi connectivity index (χ3n) is 2.01. The van der Waals surface area contributed by atoms with E-state index in [9.17, 15) is 0 Å². The fourth-order valence-corrected chi connectivity index (χ4v) is 1.52. The van der Waals surface area contributed by atoms with E-state index < -0.39 is 8.80 Å². The predicted octanol–water partition coefficient (Wildman–Crippen LogP) is 2.14. The molecule has 0 amide bonds. The summed E-state index contributed by atoms with van der Waals surface area (Å²) in [6, 6.07) is 0. The van der Waals surface area contributed by atoms with E-state index in [0.29, 0.717) is 22.2 Å². The normalized spacial score (nSPS) is 10.3. The molecule has 0 aliphatic heterocycles. The summed E-state index contributed by atoms with van der Waals surface area (Å²) in [5.74, 6) is 3.26. The van der Waals surface area contributed by atoms with E-state index in [1.54, 1.807) is 0 Å². The summed E-state index contributed by atoms with van der Waals surface area (Å²) in [5, 5.41) is 0.295. The highest BCUT2D eigenvalue weighted by atomic mass is 35.5. The number of nitrogen functional groups attached to an aromatic ring is 1. The van der Waals surface area contributed by atoms with E-state index in [2.05, 4.69) is 41.8 Å². The number of rotatable bonds is 1. The van der Waals surface area contributed by atoms with Gasteiger partial charge in [-0.1, -0.05) is 37.9 Å². The fourth-order valence-electron chi connectivity index (χ4n) is 0.779. The van der Waals surface area contributed by atoms with Gasteiger partial charge < -0.3 is 5.73 Å². The number of aromatic nitrogens is 2. The summed E-state index contributed by atoms with van der Waals surface area (Å²) in [4.78, 5) is 7.92. The van der Waals surface area contributed by atoms with Crippen molar-refractivity contribution in [1.29, 1.82) is 0 Å². The Morgan fingerprint density at radius 3 is 2.73 bits per heavy atom. The predicted molar refractivity (Wildman–Crippen MR) is 65.0 cm³/mol. The second-order valence-corrected chi connectivity index (χ2v) is 6.67. The minimum atomic E-state index is -0.648. The molecule has 15 heavy (non-hydrogen) atoms. The smallest absolute Gasteiger partial charge is 0.159 e. The van der Waals surface area contributed by atoms with Crippen molar-refractivity contribution in [3.8, 4) is 11.5 Å². The van der Waals surface area contributed by atoms with Crippen LogP contribution in [-0.2, 0) is 0 Å². The molecule has 2 N–H and O–H groups in total. The van der Waals surface area contributed by atoms with Crippen molar-refractivity contribution < 1.29 is 0 Å². The van der Waals surface area contributed by atoms with Crippen molar-refractivity contribution in [3.63, 3.8) is 0 Å². The van der Waals surface area contributed by atoms with Gasteiger partial charge in [-0.25, -0.2) is 9.97 Å². The molecule has 3 nitrogen and oxygen atoms in total. The zero-order valence-corrected chi connectivity index (χ0v) is 10.8. The molecule has 1 radical (unpaired) electrons. The molecule has 1 aromatic heterocycles. The molecular formula is C10H13ClN3Si. The summed E-state index contributed by atoms with van der Waals surface area (Å²) in [6.07, 6.45) is 1.46. The molecular weight excluding hydrogens is 226 g/mol. The molecule has 0 aromatic carbocycles. The van der Waals surface area contributed by atoms with Crippen LogP contribution in [0.3, 0.4) is 0 Å². The molecule has 79 valence electrons. The van der Waals surface area contributed by atoms with E-state index in [4.69, 9.17) is 17.3 Å². The number of nitrogens with two attached hydrogens (primary N) is 1. The first kappa shape index (κ1) is 12.0. The lowest BCUT2D eigenvalue weighted by Crippen LogP contribution is -2.08. The quantitative estimate of drug-likeness (QED) is 0.603. The molecule has 0 aliphatic rings. The van der Waals surface area contributed by atoms with Gasteiger partial charge in [0.2, 0.25) is 0 Å². The van der Waals surface area contributed by atoms with E-state index in [-0.39, 0.29) is 0 Å². The zero-order valence-electron chi connectivity index (χ0n) is 9.00. The lowest BCUT2D eigenvalue weighted by Gasteiger charge is -2.03. The molecule has 0 aliphatic carbocycles. The fraction of sp³-hybridized carbons (Fsp3) is 0.400. The van der Waals surface area contributed by atoms with Gasteiger partial charge in [0.1, 0.15) is 13.9 Å². The maximum absolute atomic E-state index is 5.63. The molecule has 1 aromatic rings. The number of halogens is 1. The topological polar surface area (TPSA) is 51.8 Å². The van der Waals surface area contributed by atoms with Crippen molar-refractivity contribution in [2.45, 2.75) is 25.9 Å². The van der Waals surface area contributed by atoms with Crippen LogP contribution in [0.1, 0.15) is 19.5 Å². The van der Waals surface area contributed by atoms with Crippen LogP contribution in [-0.4, -0.2) is 18.8 Å². The first-order valence-electron chi connectivity index (χ1n) is 4.64. The van der Waals surface area contributed by atoms with Crippen LogP contribution in [0.15, 0.2) is 6.20 Å². The highest BCUT2D eigenvalue weighted by Crippen LogP contribution is 2.09. The first-order chi connectivity index (χ1) is 7.00. The van der Waals surface area contributed by atoms with Crippen LogP contribution in [0.5, 0.6) is 0 Å². The van der Waals surface area contributed by atoms with E-state index in [0.717, 1.165) is 0 Å². The van der Waals surface area contributed by atoms with Gasteiger partial charge in [-0.2, -0.15) is 0 Å². The van der Waals surface area contributed by atoms with Gasteiger partial charge in [-0.3, -0.25) is 0 Å². The molecule has 0 bridgehead atoms. The van der Waals surface area contributed by atoms with Crippen LogP contribution >= 0.6 is 11.6 Å². The van der Waals surface area contributed by atoms with Crippen LogP contribution in [0, 0.1) is 11.5 Å². The summed E-state index contributed by atoms with van der Waals surface area (Å²) < 4.78 is 0. The Kier molecular flexibility index (Phi) is 4.12. The Balaban J connectivity index is 2.89. The number of nitrogens with zero attached hydrogens (tertiary/aromatic N) is 2. The van der Waals surface area contributed by atoms with Gasteiger partial charge in [-0.05, 0) is 5.54 Å². The minimum absolute atomic E-state index is 0.295. The highest BCUT2D eigenvalue weighted by molar-refractivity contribution is 6.67. The maximum atomic E-state index is 5.63. The molecule has 0 spiro atoms. The first-order valence-corrected chi connectivity index (χ1v) is 7.09. The van der Waals surface area contributed by atoms with E-state index in [1.807, 2.05) is 0 Å². The van der Waals surface area contributed by atoms with Gasteiger partial charge in [0, 0.05) is 0 Å². The highest BCUT2D eigenvalue weighted by Gasteiger charge is 2.06. The Morgan fingerprint density at radius 2 is 2.20 bits per heavy atom. The molecule has 0 saturated carbocycles. The average Bonchev–Trinajstić information content (AvgIpc) is 2.15. The number of hydrogen-bond acceptors (Lipinski definition) is 3. The third-order valence-corrected chi connectivity index (χ3v) is 4.45. The minimum Gasteiger partial charge on any atom is -0.381 e. The van der Waals surface area contributed by atoms with Crippen molar-refractivity contribution in [2.75, 3.05) is 5.73 Å². The van der Waals surface area contributed by atoms with E-state index in [1.165, 1.54) is 6.20 Å². The lowest BCUT2D eigenvalue weighted by atomic mass is 10.4. The maximum Gasteiger partial charge on any atom is 0.159 e. The van der Waals surface area contributed by atoms with Gasteiger partial charge in [0.05, 0.1) is 6.20 Å². The SMILES string of the molecule is CC(C)[Si](C)C#Cc1ncc(Cl)nc1N. The second-order valence-electron chi connectivity index (χ2n) is 3.51. The van der Waals surface area contributed by atoms with Gasteiger partial charge in [0.25, 0.3) is 0 Å². The molecule has 0 saturated heterocycles. The molecule has 1 rings (SSSR count). The molecule has 0 fully saturated rings. The van der Waals surface area contributed by atoms with Crippen molar-refractivity contribution >= 4 is 26.2 Å². The summed E-state index contributed by atoms with van der Waals surface area (Å²) in [5.41, 5.74) is 9.95. The van der Waals surface area contributed by atoms with Crippen molar-refractivity contribution in [1.82, 2.24) is 9.97 Å². The van der Waals surface area contributed by atoms with Gasteiger partial charge >= 0.3 is 0 Å². The third kappa shape index (κ3) is 3.54. The van der Waals surface area contributed by atoms with Gasteiger partial charge in [-0.15, -0.1) is 5.54 Å². The number of hydrogen-bond donors (Lipinski definition) is 1. The van der Waals surface area contributed by atoms with Crippen LogP contribution in [0.2, 0.25) is 17.2 Å². The molecule has 0 atom stereocenters. The van der Waals surface area contributed by atoms with E-state index >= 15 is 0 Å². The lowest BCUT2D eigenvalue weighted by molar-refractivity contribution is 1.05. The Bertz CT molecular complexity index is 409. The van der Waals surface area contributed by atoms with Crippen LogP contribution < -0.4 is 5.73 Å². The Morgan fingerprint density at radius 1 is 1.53 bits per heavy atom. The Hall–Kier alpha value is -1.05. The summed E-state index contributed by atoms with van der Waals surface area (Å²) >= 11 is 5.63.